The molecule has 0 aliphatic heterocycles. The molecule has 16 heteroatoms. The van der Waals surface area contributed by atoms with Gasteiger partial charge in [0.1, 0.15) is 0 Å². The van der Waals surface area contributed by atoms with Crippen LogP contribution in [-0.4, -0.2) is 8.07 Å². The minimum absolute atomic E-state index is 0.137. The zero-order valence-corrected chi connectivity index (χ0v) is 17.2. The van der Waals surface area contributed by atoms with Crippen molar-refractivity contribution < 1.29 is 65.9 Å². The van der Waals surface area contributed by atoms with Gasteiger partial charge < -0.3 is 0 Å². The lowest BCUT2D eigenvalue weighted by Crippen LogP contribution is -2.71. The van der Waals surface area contributed by atoms with Gasteiger partial charge in [0.05, 0.1) is 0 Å². The Balaban J connectivity index is 2.78. The van der Waals surface area contributed by atoms with Gasteiger partial charge in [0, 0.05) is 15.6 Å². The molecule has 0 bridgehead atoms. The maximum Gasteiger partial charge on any atom is 0.200 e. The van der Waals surface area contributed by atoms with Gasteiger partial charge in [0.25, 0.3) is 0 Å². The normalized spacial score (nSPS) is 12.0. The van der Waals surface area contributed by atoms with Crippen LogP contribution >= 0.6 is 0 Å². The van der Waals surface area contributed by atoms with Crippen molar-refractivity contribution in [2.75, 3.05) is 0 Å². The Labute approximate surface area is 184 Å². The zero-order chi connectivity index (χ0) is 26.9. The lowest BCUT2D eigenvalue weighted by Gasteiger charge is -2.31. The molecule has 0 nitrogen and oxygen atoms in total. The summed E-state index contributed by atoms with van der Waals surface area (Å²) in [5.74, 6) is -44.7. The van der Waals surface area contributed by atoms with E-state index < -0.39 is 111 Å². The highest BCUT2D eigenvalue weighted by Crippen LogP contribution is 2.27. The average molecular weight is 544 g/mol. The van der Waals surface area contributed by atoms with Gasteiger partial charge in [-0.05, 0) is 0 Å². The molecule has 0 N–H and O–H groups in total. The molecular weight excluding hydrogens is 541 g/mol. The molecule has 0 aromatic heterocycles. The first-order valence-corrected chi connectivity index (χ1v) is 11.1. The Hall–Kier alpha value is -3.17. The molecule has 0 aliphatic rings. The number of hydrogen-bond acceptors (Lipinski definition) is 0. The molecule has 3 aromatic rings. The van der Waals surface area contributed by atoms with E-state index in [-0.39, 0.29) is 6.55 Å². The van der Waals surface area contributed by atoms with Gasteiger partial charge in [-0.3, -0.25) is 0 Å². The van der Waals surface area contributed by atoms with Crippen LogP contribution in [0.25, 0.3) is 0 Å². The molecule has 0 amide bonds. The summed E-state index contributed by atoms with van der Waals surface area (Å²) in [6.07, 6.45) is 0. The van der Waals surface area contributed by atoms with Gasteiger partial charge in [-0.2, -0.15) is 0 Å². The number of benzene rings is 3. The molecule has 3 rings (SSSR count). The molecule has 0 atom stereocenters. The van der Waals surface area contributed by atoms with Crippen LogP contribution in [0.4, 0.5) is 65.9 Å². The number of hydrogen-bond donors (Lipinski definition) is 0. The minimum Gasteiger partial charge on any atom is -0.204 e. The van der Waals surface area contributed by atoms with E-state index in [9.17, 15) is 65.9 Å². The summed E-state index contributed by atoms with van der Waals surface area (Å²) in [5, 5.41) is -7.67. The minimum atomic E-state index is -6.59. The lowest BCUT2D eigenvalue weighted by molar-refractivity contribution is 0.379. The van der Waals surface area contributed by atoms with E-state index >= 15 is 0 Å². The van der Waals surface area contributed by atoms with Crippen LogP contribution in [-0.2, 0) is 0 Å². The fourth-order valence-corrected chi connectivity index (χ4v) is 7.55. The Morgan fingerprint density at radius 1 is 0.257 bits per heavy atom. The summed E-state index contributed by atoms with van der Waals surface area (Å²) in [6, 6.07) is 0. The standard InChI is InChI=1S/C19H3F15Si/c1-35(17-11(29)5(23)2(20)6(24)12(17)30,18-13(31)7(25)3(21)8(26)14(18)32)19-15(33)9(27)4(22)10(28)16(19)34/h1H3. The average Bonchev–Trinajstić information content (AvgIpc) is 2.81. The van der Waals surface area contributed by atoms with E-state index in [1.807, 2.05) is 0 Å². The van der Waals surface area contributed by atoms with Crippen molar-refractivity contribution in [2.45, 2.75) is 6.55 Å². The van der Waals surface area contributed by atoms with Crippen molar-refractivity contribution in [3.8, 4) is 0 Å². The zero-order valence-electron chi connectivity index (χ0n) is 16.2. The number of rotatable bonds is 3. The van der Waals surface area contributed by atoms with Gasteiger partial charge in [0.15, 0.2) is 77.9 Å². The third-order valence-corrected chi connectivity index (χ3v) is 9.45. The third kappa shape index (κ3) is 3.40. The van der Waals surface area contributed by atoms with Crippen molar-refractivity contribution in [3.05, 3.63) is 87.3 Å². The molecule has 35 heavy (non-hydrogen) atoms. The summed E-state index contributed by atoms with van der Waals surface area (Å²) in [7, 11) is -6.59. The van der Waals surface area contributed by atoms with Crippen molar-refractivity contribution in [1.82, 2.24) is 0 Å². The van der Waals surface area contributed by atoms with E-state index in [0.29, 0.717) is 0 Å². The second-order valence-electron chi connectivity index (χ2n) is 6.96. The highest BCUT2D eigenvalue weighted by atomic mass is 28.3. The largest absolute Gasteiger partial charge is 0.204 e. The maximum absolute atomic E-state index is 14.7. The summed E-state index contributed by atoms with van der Waals surface area (Å²) >= 11 is 0. The topological polar surface area (TPSA) is 0 Å². The molecule has 3 aromatic carbocycles. The molecule has 0 saturated heterocycles. The summed E-state index contributed by atoms with van der Waals surface area (Å²) < 4.78 is 212. The van der Waals surface area contributed by atoms with Crippen LogP contribution in [0.3, 0.4) is 0 Å². The lowest BCUT2D eigenvalue weighted by atomic mass is 10.3. The molecule has 0 spiro atoms. The highest BCUT2D eigenvalue weighted by Gasteiger charge is 2.52. The first-order chi connectivity index (χ1) is 16.0. The second kappa shape index (κ2) is 8.49. The maximum atomic E-state index is 14.7. The molecule has 188 valence electrons. The number of halogens is 15. The molecule has 0 saturated carbocycles. The van der Waals surface area contributed by atoms with Gasteiger partial charge in [0.2, 0.25) is 17.5 Å². The smallest absolute Gasteiger partial charge is 0.200 e. The molecule has 0 heterocycles. The SMILES string of the molecule is C[Si](c1c(F)c(F)c(F)c(F)c1F)(c1c(F)c(F)c(F)c(F)c1F)c1c(F)c(F)c(F)c(F)c1F. The first-order valence-electron chi connectivity index (χ1n) is 8.58. The first kappa shape index (κ1) is 26.4. The predicted octanol–water partition coefficient (Wildman–Crippen LogP) is 4.87. The van der Waals surface area contributed by atoms with Crippen LogP contribution in [0.15, 0.2) is 0 Å². The molecule has 0 radical (unpaired) electrons. The molecule has 0 unspecified atom stereocenters. The Morgan fingerprint density at radius 3 is 0.514 bits per heavy atom. The Kier molecular flexibility index (Phi) is 6.41. The van der Waals surface area contributed by atoms with Crippen molar-refractivity contribution >= 4 is 23.6 Å². The highest BCUT2D eigenvalue weighted by molar-refractivity contribution is 7.11. The summed E-state index contributed by atoms with van der Waals surface area (Å²) in [4.78, 5) is 0. The summed E-state index contributed by atoms with van der Waals surface area (Å²) in [5.41, 5.74) is 0. The van der Waals surface area contributed by atoms with Crippen molar-refractivity contribution in [1.29, 1.82) is 0 Å². The summed E-state index contributed by atoms with van der Waals surface area (Å²) in [6.45, 7) is -0.137. The monoisotopic (exact) mass is 544 g/mol. The van der Waals surface area contributed by atoms with Gasteiger partial charge >= 0.3 is 0 Å². The van der Waals surface area contributed by atoms with Crippen LogP contribution in [0, 0.1) is 87.3 Å². The third-order valence-electron chi connectivity index (χ3n) is 5.13. The Morgan fingerprint density at radius 2 is 0.371 bits per heavy atom. The van der Waals surface area contributed by atoms with E-state index in [4.69, 9.17) is 0 Å². The Bertz CT molecular complexity index is 1160. The van der Waals surface area contributed by atoms with Crippen LogP contribution in [0.2, 0.25) is 6.55 Å². The van der Waals surface area contributed by atoms with Crippen LogP contribution < -0.4 is 15.6 Å². The van der Waals surface area contributed by atoms with Gasteiger partial charge in [-0.25, -0.2) is 65.9 Å². The van der Waals surface area contributed by atoms with E-state index in [1.54, 1.807) is 0 Å². The molecular formula is C19H3F15Si. The van der Waals surface area contributed by atoms with Gasteiger partial charge in [-0.15, -0.1) is 0 Å². The molecule has 0 fully saturated rings. The van der Waals surface area contributed by atoms with Crippen LogP contribution in [0.1, 0.15) is 0 Å². The molecule has 0 aliphatic carbocycles. The van der Waals surface area contributed by atoms with E-state index in [2.05, 4.69) is 0 Å². The predicted molar refractivity (Wildman–Crippen MR) is 89.2 cm³/mol. The van der Waals surface area contributed by atoms with E-state index in [1.165, 1.54) is 0 Å². The van der Waals surface area contributed by atoms with Crippen molar-refractivity contribution in [2.24, 2.45) is 0 Å². The second-order valence-corrected chi connectivity index (χ2v) is 10.7. The fourth-order valence-electron chi connectivity index (χ4n) is 3.51. The van der Waals surface area contributed by atoms with Crippen LogP contribution in [0.5, 0.6) is 0 Å². The van der Waals surface area contributed by atoms with Gasteiger partial charge in [-0.1, -0.05) is 6.55 Å². The van der Waals surface area contributed by atoms with Crippen molar-refractivity contribution in [3.63, 3.8) is 0 Å². The quantitative estimate of drug-likeness (QED) is 0.145. The van der Waals surface area contributed by atoms with E-state index in [0.717, 1.165) is 0 Å². The fraction of sp³-hybridized carbons (Fsp3) is 0.0526.